The number of sulfone groups is 1. The van der Waals surface area contributed by atoms with Gasteiger partial charge >= 0.3 is 0 Å². The van der Waals surface area contributed by atoms with Crippen molar-refractivity contribution in [3.63, 3.8) is 0 Å². The largest absolute Gasteiger partial charge is 0.397 e. The zero-order valence-corrected chi connectivity index (χ0v) is 20.7. The minimum Gasteiger partial charge on any atom is -0.397 e. The second-order valence-electron chi connectivity index (χ2n) is 8.03. The number of nitrogen functional groups attached to an aromatic ring is 1. The van der Waals surface area contributed by atoms with Gasteiger partial charge in [0, 0.05) is 25.9 Å². The molecule has 1 heterocycles. The normalized spacial score (nSPS) is 16.8. The van der Waals surface area contributed by atoms with Crippen molar-refractivity contribution in [3.05, 3.63) is 45.9 Å². The number of rotatable bonds is 7. The average Bonchev–Trinajstić information content (AvgIpc) is 2.78. The Balaban J connectivity index is 1.87. The molecule has 12 heteroatoms. The first-order chi connectivity index (χ1) is 15.9. The lowest BCUT2D eigenvalue weighted by Gasteiger charge is -2.35. The minimum atomic E-state index is -3.42. The first-order valence-electron chi connectivity index (χ1n) is 10.5. The number of benzene rings is 2. The molecule has 1 atom stereocenters. The van der Waals surface area contributed by atoms with E-state index in [-0.39, 0.29) is 63.7 Å². The topological polar surface area (TPSA) is 113 Å². The summed E-state index contributed by atoms with van der Waals surface area (Å²) in [4.78, 5) is 14.7. The molecule has 34 heavy (non-hydrogen) atoms. The Morgan fingerprint density at radius 1 is 1.24 bits per heavy atom. The molecule has 7 nitrogen and oxygen atoms in total. The van der Waals surface area contributed by atoms with E-state index in [1.54, 1.807) is 4.90 Å². The van der Waals surface area contributed by atoms with Crippen molar-refractivity contribution in [1.29, 1.82) is 0 Å². The van der Waals surface area contributed by atoms with Gasteiger partial charge < -0.3 is 21.1 Å². The molecule has 1 aliphatic heterocycles. The number of aliphatic hydroxyl groups is 1. The molecular formula is C22H25Cl2F2N3O4S. The number of hydrogen-bond donors (Lipinski definition) is 3. The molecule has 2 aromatic carbocycles. The fourth-order valence-corrected chi connectivity index (χ4v) is 5.37. The van der Waals surface area contributed by atoms with E-state index in [2.05, 4.69) is 5.32 Å². The van der Waals surface area contributed by atoms with Gasteiger partial charge in [0.15, 0.2) is 9.84 Å². The summed E-state index contributed by atoms with van der Waals surface area (Å²) in [7, 11) is -3.42. The number of anilines is 3. The second kappa shape index (κ2) is 10.2. The van der Waals surface area contributed by atoms with Crippen LogP contribution in [0.25, 0.3) is 0 Å². The van der Waals surface area contributed by atoms with Crippen molar-refractivity contribution in [3.8, 4) is 0 Å². The number of piperidine rings is 1. The molecule has 0 spiro atoms. The molecular weight excluding hydrogens is 511 g/mol. The van der Waals surface area contributed by atoms with Crippen LogP contribution in [0.2, 0.25) is 10.0 Å². The zero-order chi connectivity index (χ0) is 25.3. The van der Waals surface area contributed by atoms with Gasteiger partial charge in [0.1, 0.15) is 0 Å². The lowest BCUT2D eigenvalue weighted by atomic mass is 9.99. The van der Waals surface area contributed by atoms with Gasteiger partial charge in [0.05, 0.1) is 50.3 Å². The van der Waals surface area contributed by atoms with E-state index in [4.69, 9.17) is 28.9 Å². The van der Waals surface area contributed by atoms with Crippen molar-refractivity contribution < 1.29 is 27.1 Å². The number of nitrogens with one attached hydrogen (secondary N) is 1. The fraction of sp³-hybridized carbons (Fsp3) is 0.409. The zero-order valence-electron chi connectivity index (χ0n) is 18.3. The third-order valence-electron chi connectivity index (χ3n) is 5.80. The van der Waals surface area contributed by atoms with Gasteiger partial charge in [-0.15, -0.1) is 0 Å². The van der Waals surface area contributed by atoms with Crippen molar-refractivity contribution in [2.75, 3.05) is 41.4 Å². The van der Waals surface area contributed by atoms with Crippen LogP contribution in [0.3, 0.4) is 0 Å². The molecule has 0 aromatic heterocycles. The monoisotopic (exact) mass is 535 g/mol. The minimum absolute atomic E-state index is 0.00430. The summed E-state index contributed by atoms with van der Waals surface area (Å²) in [6.07, 6.45) is -0.718. The molecule has 1 saturated heterocycles. The maximum atomic E-state index is 13.6. The van der Waals surface area contributed by atoms with Crippen LogP contribution in [0.5, 0.6) is 0 Å². The van der Waals surface area contributed by atoms with E-state index in [0.29, 0.717) is 5.56 Å². The molecule has 186 valence electrons. The second-order valence-corrected chi connectivity index (χ2v) is 11.1. The number of hydrogen-bond acceptors (Lipinski definition) is 6. The molecule has 0 saturated carbocycles. The summed E-state index contributed by atoms with van der Waals surface area (Å²) in [5, 5.41) is 12.6. The van der Waals surface area contributed by atoms with Crippen LogP contribution in [-0.2, 0) is 14.6 Å². The highest BCUT2D eigenvalue weighted by molar-refractivity contribution is 7.91. The highest BCUT2D eigenvalue weighted by atomic mass is 35.5. The van der Waals surface area contributed by atoms with E-state index in [9.17, 15) is 27.1 Å². The summed E-state index contributed by atoms with van der Waals surface area (Å²) >= 11 is 12.8. The van der Waals surface area contributed by atoms with Crippen LogP contribution in [0.15, 0.2) is 35.2 Å². The molecule has 3 rings (SSSR count). The predicted octanol–water partition coefficient (Wildman–Crippen LogP) is 4.32. The number of nitrogens with zero attached hydrogens (tertiary/aromatic N) is 1. The first-order valence-corrected chi connectivity index (χ1v) is 13.0. The van der Waals surface area contributed by atoms with Crippen LogP contribution >= 0.6 is 23.2 Å². The van der Waals surface area contributed by atoms with Crippen LogP contribution in [0, 0.1) is 0 Å². The summed E-state index contributed by atoms with van der Waals surface area (Å²) in [6.45, 7) is 1.01. The summed E-state index contributed by atoms with van der Waals surface area (Å²) in [5.41, 5.74) is 6.81. The SMILES string of the molecule is CCS(=O)(=O)c1ccc(C(CO)C(=O)Nc2c(N)cc(Cl)c(N3CCC(F)(F)CC3)c2Cl)cc1. The Morgan fingerprint density at radius 2 is 1.82 bits per heavy atom. The Kier molecular flexibility index (Phi) is 7.96. The van der Waals surface area contributed by atoms with Crippen LogP contribution in [-0.4, -0.2) is 50.8 Å². The highest BCUT2D eigenvalue weighted by Crippen LogP contribution is 2.45. The van der Waals surface area contributed by atoms with Gasteiger partial charge in [-0.3, -0.25) is 4.79 Å². The van der Waals surface area contributed by atoms with E-state index < -0.39 is 34.2 Å². The molecule has 0 bridgehead atoms. The number of carbonyl (C=O) groups is 1. The number of alkyl halides is 2. The Bertz CT molecular complexity index is 1170. The van der Waals surface area contributed by atoms with Crippen molar-refractivity contribution in [1.82, 2.24) is 0 Å². The van der Waals surface area contributed by atoms with Gasteiger partial charge in [-0.25, -0.2) is 17.2 Å². The predicted molar refractivity (Wildman–Crippen MR) is 130 cm³/mol. The molecule has 1 fully saturated rings. The Hall–Kier alpha value is -2.14. The highest BCUT2D eigenvalue weighted by Gasteiger charge is 2.36. The van der Waals surface area contributed by atoms with Crippen molar-refractivity contribution in [2.45, 2.75) is 36.5 Å². The van der Waals surface area contributed by atoms with Gasteiger partial charge in [0.2, 0.25) is 5.91 Å². The van der Waals surface area contributed by atoms with E-state index in [0.717, 1.165) is 0 Å². The standard InChI is InChI=1S/C22H25Cl2F2N3O4S/c1-2-34(32,33)14-5-3-13(4-6-14)15(12-30)21(31)28-19-17(27)11-16(23)20(18(19)24)29-9-7-22(25,26)8-10-29/h3-6,11,15,30H,2,7-10,12,27H2,1H3,(H,28,31). The molecule has 0 radical (unpaired) electrons. The van der Waals surface area contributed by atoms with Gasteiger partial charge in [-0.2, -0.15) is 0 Å². The average molecular weight is 536 g/mol. The molecule has 0 aliphatic carbocycles. The quantitative estimate of drug-likeness (QED) is 0.455. The summed E-state index contributed by atoms with van der Waals surface area (Å²) in [5.74, 6) is -4.51. The maximum absolute atomic E-state index is 13.6. The van der Waals surface area contributed by atoms with E-state index in [1.807, 2.05) is 0 Å². The third kappa shape index (κ3) is 5.56. The molecule has 1 aliphatic rings. The van der Waals surface area contributed by atoms with E-state index >= 15 is 0 Å². The van der Waals surface area contributed by atoms with Crippen LogP contribution < -0.4 is 16.0 Å². The van der Waals surface area contributed by atoms with Crippen LogP contribution in [0.4, 0.5) is 25.8 Å². The number of carbonyl (C=O) groups excluding carboxylic acids is 1. The lowest BCUT2D eigenvalue weighted by Crippen LogP contribution is -2.39. The van der Waals surface area contributed by atoms with Gasteiger partial charge in [-0.05, 0) is 23.8 Å². The summed E-state index contributed by atoms with van der Waals surface area (Å²) in [6, 6.07) is 7.03. The Labute approximate surface area is 206 Å². The molecule has 4 N–H and O–H groups in total. The van der Waals surface area contributed by atoms with Crippen molar-refractivity contribution in [2.24, 2.45) is 0 Å². The number of halogens is 4. The maximum Gasteiger partial charge on any atom is 0.251 e. The smallest absolute Gasteiger partial charge is 0.251 e. The first kappa shape index (κ1) is 26.5. The molecule has 1 amide bonds. The molecule has 2 aromatic rings. The van der Waals surface area contributed by atoms with Crippen molar-refractivity contribution >= 4 is 56.0 Å². The molecule has 1 unspecified atom stereocenters. The number of amides is 1. The third-order valence-corrected chi connectivity index (χ3v) is 8.21. The number of nitrogens with two attached hydrogens (primary N) is 1. The fourth-order valence-electron chi connectivity index (χ4n) is 3.73. The van der Waals surface area contributed by atoms with Gasteiger partial charge in [0.25, 0.3) is 5.92 Å². The lowest BCUT2D eigenvalue weighted by molar-refractivity contribution is -0.118. The van der Waals surface area contributed by atoms with E-state index in [1.165, 1.54) is 37.3 Å². The van der Waals surface area contributed by atoms with Gasteiger partial charge in [-0.1, -0.05) is 42.3 Å². The Morgan fingerprint density at radius 3 is 2.35 bits per heavy atom. The van der Waals surface area contributed by atoms with Crippen LogP contribution in [0.1, 0.15) is 31.2 Å². The summed E-state index contributed by atoms with van der Waals surface area (Å²) < 4.78 is 51.2. The number of aliphatic hydroxyl groups excluding tert-OH is 1.